The highest BCUT2D eigenvalue weighted by molar-refractivity contribution is 6.68. The maximum absolute atomic E-state index is 12.5. The average molecular weight is 533 g/mol. The van der Waals surface area contributed by atoms with E-state index in [1.165, 1.54) is 0 Å². The highest BCUT2D eigenvalue weighted by atomic mass is 35.6. The van der Waals surface area contributed by atoms with Crippen LogP contribution in [0.4, 0.5) is 4.79 Å². The zero-order valence-corrected chi connectivity index (χ0v) is 20.1. The highest BCUT2D eigenvalue weighted by Crippen LogP contribution is 2.30. The normalized spacial score (nSPS) is 14.1. The Balaban J connectivity index is 1.97. The largest absolute Gasteiger partial charge is 0.318 e. The maximum Gasteiger partial charge on any atom is 0.317 e. The van der Waals surface area contributed by atoms with Gasteiger partial charge in [0.15, 0.2) is 0 Å². The van der Waals surface area contributed by atoms with Gasteiger partial charge in [-0.3, -0.25) is 10.6 Å². The van der Waals surface area contributed by atoms with Gasteiger partial charge in [-0.15, -0.1) is 0 Å². The Hall–Kier alpha value is -0.630. The molecule has 0 saturated carbocycles. The van der Waals surface area contributed by atoms with Crippen molar-refractivity contribution in [2.24, 2.45) is 0 Å². The fourth-order valence-corrected chi connectivity index (χ4v) is 3.22. The molecule has 0 aromatic heterocycles. The number of rotatable bonds is 8. The molecule has 0 aliphatic carbocycles. The molecule has 2 aromatic carbocycles. The van der Waals surface area contributed by atoms with E-state index < -0.39 is 25.9 Å². The summed E-state index contributed by atoms with van der Waals surface area (Å²) in [4.78, 5) is 12.5. The quantitative estimate of drug-likeness (QED) is 0.277. The number of carbonyl (C=O) groups is 1. The van der Waals surface area contributed by atoms with Crippen LogP contribution in [-0.4, -0.2) is 25.9 Å². The van der Waals surface area contributed by atoms with Crippen LogP contribution in [0.2, 0.25) is 0 Å². The van der Waals surface area contributed by atoms with Crippen LogP contribution in [0.3, 0.4) is 0 Å². The van der Waals surface area contributed by atoms with Crippen LogP contribution >= 0.6 is 69.6 Å². The number of halogens is 6. The van der Waals surface area contributed by atoms with Crippen LogP contribution in [0.1, 0.15) is 11.1 Å². The van der Waals surface area contributed by atoms with E-state index in [9.17, 15) is 4.79 Å². The molecule has 11 heteroatoms. The monoisotopic (exact) mass is 530 g/mol. The van der Waals surface area contributed by atoms with E-state index in [0.29, 0.717) is 13.1 Å². The zero-order chi connectivity index (χ0) is 22.2. The topological polar surface area (TPSA) is 65.2 Å². The lowest BCUT2D eigenvalue weighted by molar-refractivity contribution is 0.227. The summed E-state index contributed by atoms with van der Waals surface area (Å²) in [5.74, 6) is 0. The predicted octanol–water partition coefficient (Wildman–Crippen LogP) is 5.26. The van der Waals surface area contributed by atoms with Crippen LogP contribution in [0.5, 0.6) is 0 Å². The van der Waals surface area contributed by atoms with E-state index in [1.807, 2.05) is 60.7 Å². The summed E-state index contributed by atoms with van der Waals surface area (Å²) >= 11 is 36.1. The van der Waals surface area contributed by atoms with Gasteiger partial charge in [0.25, 0.3) is 0 Å². The summed E-state index contributed by atoms with van der Waals surface area (Å²) in [6.07, 6.45) is -2.01. The highest BCUT2D eigenvalue weighted by Gasteiger charge is 2.37. The maximum atomic E-state index is 12.5. The Morgan fingerprint density at radius 3 is 1.30 bits per heavy atom. The third-order valence-electron chi connectivity index (χ3n) is 3.91. The second-order valence-corrected chi connectivity index (χ2v) is 11.0. The lowest BCUT2D eigenvalue weighted by atomic mass is 10.2. The van der Waals surface area contributed by atoms with E-state index in [0.717, 1.165) is 11.1 Å². The molecule has 5 nitrogen and oxygen atoms in total. The molecule has 2 amide bonds. The molecule has 2 atom stereocenters. The lowest BCUT2D eigenvalue weighted by Crippen LogP contribution is -2.61. The number of carbonyl (C=O) groups excluding carboxylic acids is 1. The molecule has 0 aliphatic heterocycles. The minimum absolute atomic E-state index is 0.361. The van der Waals surface area contributed by atoms with E-state index in [2.05, 4.69) is 21.3 Å². The molecule has 0 saturated heterocycles. The molecule has 0 heterocycles. The molecule has 0 spiro atoms. The number of amides is 2. The smallest absolute Gasteiger partial charge is 0.317 e. The fourth-order valence-electron chi connectivity index (χ4n) is 2.43. The van der Waals surface area contributed by atoms with Crippen LogP contribution in [0.25, 0.3) is 0 Å². The van der Waals surface area contributed by atoms with Gasteiger partial charge < -0.3 is 10.6 Å². The summed E-state index contributed by atoms with van der Waals surface area (Å²) < 4.78 is -3.64. The average Bonchev–Trinajstić information content (AvgIpc) is 2.68. The van der Waals surface area contributed by atoms with Crippen LogP contribution in [0, 0.1) is 0 Å². The van der Waals surface area contributed by atoms with Crippen molar-refractivity contribution in [2.45, 2.75) is 33.0 Å². The van der Waals surface area contributed by atoms with Crippen LogP contribution in [0.15, 0.2) is 60.7 Å². The third kappa shape index (κ3) is 9.25. The van der Waals surface area contributed by atoms with Gasteiger partial charge in [-0.25, -0.2) is 4.79 Å². The van der Waals surface area contributed by atoms with E-state index in [4.69, 9.17) is 69.6 Å². The number of urea groups is 1. The van der Waals surface area contributed by atoms with Gasteiger partial charge in [0.1, 0.15) is 12.3 Å². The minimum atomic E-state index is -1.82. The second-order valence-electron chi connectivity index (χ2n) is 6.30. The van der Waals surface area contributed by atoms with Crippen molar-refractivity contribution in [3.05, 3.63) is 71.8 Å². The Morgan fingerprint density at radius 1 is 0.667 bits per heavy atom. The van der Waals surface area contributed by atoms with Crippen molar-refractivity contribution >= 4 is 75.6 Å². The summed E-state index contributed by atoms with van der Waals surface area (Å²) in [6, 6.07) is 18.2. The van der Waals surface area contributed by atoms with Crippen molar-refractivity contribution in [3.63, 3.8) is 0 Å². The predicted molar refractivity (Wildman–Crippen MR) is 126 cm³/mol. The molecule has 2 aromatic rings. The van der Waals surface area contributed by atoms with Gasteiger partial charge in [0.2, 0.25) is 7.59 Å². The number of benzene rings is 2. The first-order valence-corrected chi connectivity index (χ1v) is 11.1. The summed E-state index contributed by atoms with van der Waals surface area (Å²) in [6.45, 7) is 0.722. The van der Waals surface area contributed by atoms with Gasteiger partial charge in [-0.1, -0.05) is 130 Å². The Morgan fingerprint density at radius 2 is 1.00 bits per heavy atom. The summed E-state index contributed by atoms with van der Waals surface area (Å²) in [7, 11) is 0. The molecule has 2 rings (SSSR count). The van der Waals surface area contributed by atoms with Gasteiger partial charge in [-0.05, 0) is 11.1 Å². The third-order valence-corrected chi connectivity index (χ3v) is 5.22. The van der Waals surface area contributed by atoms with Gasteiger partial charge in [0.05, 0.1) is 0 Å². The first-order valence-electron chi connectivity index (χ1n) is 8.81. The first-order chi connectivity index (χ1) is 14.1. The van der Waals surface area contributed by atoms with Crippen LogP contribution < -0.4 is 21.3 Å². The molecule has 30 heavy (non-hydrogen) atoms. The fraction of sp³-hybridized carbons (Fsp3) is 0.316. The zero-order valence-electron chi connectivity index (χ0n) is 15.5. The second kappa shape index (κ2) is 11.8. The van der Waals surface area contributed by atoms with Crippen molar-refractivity contribution in [3.8, 4) is 0 Å². The summed E-state index contributed by atoms with van der Waals surface area (Å²) in [5.41, 5.74) is 1.89. The molecular weight excluding hydrogens is 513 g/mol. The Labute approximate surface area is 205 Å². The molecule has 0 radical (unpaired) electrons. The van der Waals surface area contributed by atoms with Crippen LogP contribution in [-0.2, 0) is 13.1 Å². The SMILES string of the molecule is O=C(N[C@@H](NCc1ccccc1)C(Cl)(Cl)Cl)N[C@@H](NCc1ccccc1)C(Cl)(Cl)Cl. The number of hydrogen-bond donors (Lipinski definition) is 4. The molecule has 0 aliphatic rings. The van der Waals surface area contributed by atoms with Gasteiger partial charge >= 0.3 is 6.03 Å². The van der Waals surface area contributed by atoms with E-state index in [-0.39, 0.29) is 0 Å². The summed E-state index contributed by atoms with van der Waals surface area (Å²) in [5, 5.41) is 11.1. The minimum Gasteiger partial charge on any atom is -0.318 e. The van der Waals surface area contributed by atoms with E-state index in [1.54, 1.807) is 0 Å². The standard InChI is InChI=1S/C19H20Cl6N4O/c20-18(21,22)15(26-11-13-7-3-1-4-8-13)28-17(30)29-16(19(23,24)25)27-12-14-9-5-2-6-10-14/h1-10,15-16,26-27H,11-12H2,(H2,28,29,30)/t15-,16-/m1/s1. The molecule has 4 N–H and O–H groups in total. The molecular formula is C19H20Cl6N4O. The van der Waals surface area contributed by atoms with Gasteiger partial charge in [-0.2, -0.15) is 0 Å². The van der Waals surface area contributed by atoms with Crippen molar-refractivity contribution in [1.82, 2.24) is 21.3 Å². The molecule has 0 unspecified atom stereocenters. The molecule has 164 valence electrons. The number of nitrogens with one attached hydrogen (secondary N) is 4. The van der Waals surface area contributed by atoms with E-state index >= 15 is 0 Å². The van der Waals surface area contributed by atoms with Crippen molar-refractivity contribution in [1.29, 1.82) is 0 Å². The Kier molecular flexibility index (Phi) is 10.1. The van der Waals surface area contributed by atoms with Gasteiger partial charge in [0, 0.05) is 13.1 Å². The number of alkyl halides is 6. The molecule has 0 fully saturated rings. The lowest BCUT2D eigenvalue weighted by Gasteiger charge is -2.30. The van der Waals surface area contributed by atoms with Crippen molar-refractivity contribution in [2.75, 3.05) is 0 Å². The Bertz CT molecular complexity index is 718. The molecule has 0 bridgehead atoms. The number of hydrogen-bond acceptors (Lipinski definition) is 3. The van der Waals surface area contributed by atoms with Crippen molar-refractivity contribution < 1.29 is 4.79 Å². The first kappa shape index (κ1) is 25.6.